The maximum atomic E-state index is 4.44. The standard InChI is InChI=1S/C18H32N4S2.HI/c1-5-22(6-2)17(14-9-10-24-13-14)12-20-18(19-3)21-15-7-8-16(11-15)23-4;/h9-10,13,15-17H,5-8,11-12H2,1-4H3,(H2,19,20,21);1H. The zero-order valence-corrected chi connectivity index (χ0v) is 19.8. The van der Waals surface area contributed by atoms with Gasteiger partial charge in [-0.3, -0.25) is 9.89 Å². The van der Waals surface area contributed by atoms with E-state index >= 15 is 0 Å². The number of hydrogen-bond acceptors (Lipinski definition) is 4. The number of thiophene rings is 1. The number of guanidine groups is 1. The minimum absolute atomic E-state index is 0. The molecular formula is C18H33IN4S2. The van der Waals surface area contributed by atoms with Gasteiger partial charge in [0.1, 0.15) is 0 Å². The van der Waals surface area contributed by atoms with Crippen LogP contribution < -0.4 is 10.6 Å². The van der Waals surface area contributed by atoms with Gasteiger partial charge in [0, 0.05) is 24.9 Å². The maximum absolute atomic E-state index is 4.44. The van der Waals surface area contributed by atoms with Gasteiger partial charge >= 0.3 is 0 Å². The van der Waals surface area contributed by atoms with Gasteiger partial charge in [-0.05, 0) is 61.0 Å². The Hall–Kier alpha value is 0.01000. The lowest BCUT2D eigenvalue weighted by Gasteiger charge is -2.30. The lowest BCUT2D eigenvalue weighted by atomic mass is 10.1. The Labute approximate surface area is 178 Å². The van der Waals surface area contributed by atoms with Crippen molar-refractivity contribution >= 4 is 53.0 Å². The molecule has 7 heteroatoms. The monoisotopic (exact) mass is 496 g/mol. The molecule has 0 radical (unpaired) electrons. The SMILES string of the molecule is CCN(CC)C(CNC(=NC)NC1CCC(SC)C1)c1ccsc1.I. The van der Waals surface area contributed by atoms with Crippen LogP contribution >= 0.6 is 47.1 Å². The summed E-state index contributed by atoms with van der Waals surface area (Å²) in [6.07, 6.45) is 6.02. The maximum Gasteiger partial charge on any atom is 0.191 e. The Bertz CT molecular complexity index is 491. The molecule has 0 aliphatic heterocycles. The van der Waals surface area contributed by atoms with Crippen LogP contribution in [0.5, 0.6) is 0 Å². The quantitative estimate of drug-likeness (QED) is 0.322. The van der Waals surface area contributed by atoms with Gasteiger partial charge in [-0.2, -0.15) is 23.1 Å². The van der Waals surface area contributed by atoms with Gasteiger partial charge in [0.05, 0.1) is 6.04 Å². The summed E-state index contributed by atoms with van der Waals surface area (Å²) in [6.45, 7) is 7.47. The molecule has 2 rings (SSSR count). The van der Waals surface area contributed by atoms with Crippen LogP contribution in [0.15, 0.2) is 21.8 Å². The first-order valence-corrected chi connectivity index (χ1v) is 11.2. The molecule has 1 aromatic rings. The molecule has 3 unspecified atom stereocenters. The Morgan fingerprint density at radius 1 is 1.40 bits per heavy atom. The molecule has 1 aromatic heterocycles. The van der Waals surface area contributed by atoms with Gasteiger partial charge < -0.3 is 10.6 Å². The van der Waals surface area contributed by atoms with Gasteiger partial charge in [0.2, 0.25) is 0 Å². The molecule has 4 nitrogen and oxygen atoms in total. The van der Waals surface area contributed by atoms with E-state index in [1.807, 2.05) is 18.8 Å². The number of likely N-dealkylation sites (N-methyl/N-ethyl adjacent to an activating group) is 1. The van der Waals surface area contributed by atoms with Crippen LogP contribution in [0.1, 0.15) is 44.7 Å². The zero-order valence-electron chi connectivity index (χ0n) is 15.8. The van der Waals surface area contributed by atoms with Crippen molar-refractivity contribution in [2.75, 3.05) is 32.9 Å². The van der Waals surface area contributed by atoms with Crippen LogP contribution in [0.25, 0.3) is 0 Å². The lowest BCUT2D eigenvalue weighted by molar-refractivity contribution is 0.219. The van der Waals surface area contributed by atoms with Gasteiger partial charge in [-0.1, -0.05) is 13.8 Å². The van der Waals surface area contributed by atoms with Crippen molar-refractivity contribution in [2.45, 2.75) is 50.4 Å². The zero-order chi connectivity index (χ0) is 17.4. The highest BCUT2D eigenvalue weighted by atomic mass is 127. The topological polar surface area (TPSA) is 39.7 Å². The molecule has 0 aromatic carbocycles. The third-order valence-corrected chi connectivity index (χ3v) is 6.72. The number of halogens is 1. The number of thioether (sulfide) groups is 1. The molecule has 25 heavy (non-hydrogen) atoms. The Kier molecular flexibility index (Phi) is 11.4. The minimum atomic E-state index is 0. The first kappa shape index (κ1) is 23.0. The molecule has 1 aliphatic carbocycles. The van der Waals surface area contributed by atoms with Crippen LogP contribution in [-0.4, -0.2) is 55.1 Å². The third kappa shape index (κ3) is 6.92. The summed E-state index contributed by atoms with van der Waals surface area (Å²) in [6, 6.07) is 3.19. The fraction of sp³-hybridized carbons (Fsp3) is 0.722. The highest BCUT2D eigenvalue weighted by Gasteiger charge is 2.25. The highest BCUT2D eigenvalue weighted by molar-refractivity contribution is 14.0. The summed E-state index contributed by atoms with van der Waals surface area (Å²) in [5.74, 6) is 0.939. The smallest absolute Gasteiger partial charge is 0.191 e. The summed E-state index contributed by atoms with van der Waals surface area (Å²) in [5.41, 5.74) is 1.40. The van der Waals surface area contributed by atoms with E-state index < -0.39 is 0 Å². The number of hydrogen-bond donors (Lipinski definition) is 2. The van der Waals surface area contributed by atoms with E-state index in [2.05, 4.69) is 57.5 Å². The van der Waals surface area contributed by atoms with Crippen LogP contribution in [0.3, 0.4) is 0 Å². The average molecular weight is 497 g/mol. The van der Waals surface area contributed by atoms with Crippen LogP contribution in [0.2, 0.25) is 0 Å². The molecule has 1 fully saturated rings. The van der Waals surface area contributed by atoms with Crippen LogP contribution in [-0.2, 0) is 0 Å². The van der Waals surface area contributed by atoms with Crippen LogP contribution in [0, 0.1) is 0 Å². The summed E-state index contributed by atoms with van der Waals surface area (Å²) in [4.78, 5) is 6.94. The van der Waals surface area contributed by atoms with E-state index in [1.165, 1.54) is 24.8 Å². The number of nitrogens with zero attached hydrogens (tertiary/aromatic N) is 2. The summed E-state index contributed by atoms with van der Waals surface area (Å²) in [7, 11) is 1.87. The molecule has 0 spiro atoms. The summed E-state index contributed by atoms with van der Waals surface area (Å²) < 4.78 is 0. The Balaban J connectivity index is 0.00000312. The van der Waals surface area contributed by atoms with E-state index in [9.17, 15) is 0 Å². The number of rotatable bonds is 8. The molecule has 3 atom stereocenters. The van der Waals surface area contributed by atoms with Gasteiger partial charge in [-0.25, -0.2) is 0 Å². The van der Waals surface area contributed by atoms with Crippen LogP contribution in [0.4, 0.5) is 0 Å². The molecule has 1 aliphatic rings. The van der Waals surface area contributed by atoms with Crippen molar-refractivity contribution < 1.29 is 0 Å². The summed E-state index contributed by atoms with van der Waals surface area (Å²) in [5, 5.41) is 12.4. The molecule has 0 saturated heterocycles. The van der Waals surface area contributed by atoms with E-state index in [0.717, 1.165) is 30.8 Å². The molecule has 0 amide bonds. The first-order chi connectivity index (χ1) is 11.7. The average Bonchev–Trinajstić information content (AvgIpc) is 3.28. The van der Waals surface area contributed by atoms with Crippen molar-refractivity contribution in [1.82, 2.24) is 15.5 Å². The van der Waals surface area contributed by atoms with Crippen molar-refractivity contribution in [1.29, 1.82) is 0 Å². The predicted octanol–water partition coefficient (Wildman–Crippen LogP) is 4.20. The van der Waals surface area contributed by atoms with Gasteiger partial charge in [0.25, 0.3) is 0 Å². The molecule has 144 valence electrons. The van der Waals surface area contributed by atoms with E-state index in [1.54, 1.807) is 11.3 Å². The fourth-order valence-electron chi connectivity index (χ4n) is 3.45. The summed E-state index contributed by atoms with van der Waals surface area (Å²) >= 11 is 3.76. The molecular weight excluding hydrogens is 463 g/mol. The Morgan fingerprint density at radius 2 is 2.16 bits per heavy atom. The molecule has 0 bridgehead atoms. The minimum Gasteiger partial charge on any atom is -0.354 e. The third-order valence-electron chi connectivity index (χ3n) is 4.93. The van der Waals surface area contributed by atoms with Crippen molar-refractivity contribution in [3.63, 3.8) is 0 Å². The molecule has 1 saturated carbocycles. The largest absolute Gasteiger partial charge is 0.354 e. The van der Waals surface area contributed by atoms with E-state index in [4.69, 9.17) is 0 Å². The second-order valence-corrected chi connectivity index (χ2v) is 8.18. The normalized spacial score (nSPS) is 21.9. The van der Waals surface area contributed by atoms with E-state index in [0.29, 0.717) is 12.1 Å². The Morgan fingerprint density at radius 3 is 2.68 bits per heavy atom. The lowest BCUT2D eigenvalue weighted by Crippen LogP contribution is -2.46. The van der Waals surface area contributed by atoms with Gasteiger partial charge in [0.15, 0.2) is 5.96 Å². The number of nitrogens with one attached hydrogen (secondary N) is 2. The van der Waals surface area contributed by atoms with Crippen molar-refractivity contribution in [2.24, 2.45) is 4.99 Å². The molecule has 1 heterocycles. The van der Waals surface area contributed by atoms with Crippen molar-refractivity contribution in [3.8, 4) is 0 Å². The second-order valence-electron chi connectivity index (χ2n) is 6.26. The first-order valence-electron chi connectivity index (χ1n) is 8.97. The second kappa shape index (κ2) is 12.4. The number of aliphatic imine (C=N–C) groups is 1. The van der Waals surface area contributed by atoms with Gasteiger partial charge in [-0.15, -0.1) is 24.0 Å². The van der Waals surface area contributed by atoms with E-state index in [-0.39, 0.29) is 24.0 Å². The highest BCUT2D eigenvalue weighted by Crippen LogP contribution is 2.28. The predicted molar refractivity (Wildman–Crippen MR) is 125 cm³/mol. The fourth-order valence-corrected chi connectivity index (χ4v) is 4.96. The molecule has 2 N–H and O–H groups in total. The van der Waals surface area contributed by atoms with Crippen molar-refractivity contribution in [3.05, 3.63) is 22.4 Å².